The molecule has 0 aliphatic carbocycles. The number of thiazole rings is 1. The van der Waals surface area contributed by atoms with E-state index < -0.39 is 0 Å². The Kier molecular flexibility index (Phi) is 5.36. The minimum atomic E-state index is 0.0687. The number of nitrogens with zero attached hydrogens (tertiary/aromatic N) is 3. The van der Waals surface area contributed by atoms with Gasteiger partial charge in [-0.3, -0.25) is 0 Å². The summed E-state index contributed by atoms with van der Waals surface area (Å²) in [6.45, 7) is 9.88. The molecule has 1 atom stereocenters. The zero-order valence-electron chi connectivity index (χ0n) is 15.7. The lowest BCUT2D eigenvalue weighted by molar-refractivity contribution is -1.02. The van der Waals surface area contributed by atoms with Crippen LogP contribution in [0.2, 0.25) is 5.02 Å². The van der Waals surface area contributed by atoms with Crippen LogP contribution in [0.3, 0.4) is 0 Å². The van der Waals surface area contributed by atoms with Crippen molar-refractivity contribution in [2.45, 2.75) is 26.3 Å². The van der Waals surface area contributed by atoms with Crippen LogP contribution in [0.25, 0.3) is 4.96 Å². The third kappa shape index (κ3) is 3.57. The molecule has 0 radical (unpaired) electrons. The standard InChI is InChI=1S/C19H24ClN5OS/c1-3-15-21-19-25(22-15)18(26)17(27-19)16(13-5-7-14(20)8-6-13)24-11-9-23(4-2)10-12-24/h5-8,16,26H,3-4,9-12H2,1-2H3/p+2/t16-/m0/s1. The number of piperazine rings is 1. The number of quaternary nitrogens is 2. The summed E-state index contributed by atoms with van der Waals surface area (Å²) in [6, 6.07) is 8.08. The normalized spacial score (nSPS) is 21.6. The van der Waals surface area contributed by atoms with Gasteiger partial charge in [0.05, 0.1) is 6.54 Å². The summed E-state index contributed by atoms with van der Waals surface area (Å²) in [6.07, 6.45) is 0.761. The lowest BCUT2D eigenvalue weighted by atomic mass is 10.0. The average molecular weight is 408 g/mol. The minimum Gasteiger partial charge on any atom is -0.492 e. The Hall–Kier alpha value is -1.67. The monoisotopic (exact) mass is 407 g/mol. The number of benzene rings is 1. The van der Waals surface area contributed by atoms with Crippen molar-refractivity contribution in [3.8, 4) is 5.88 Å². The molecule has 0 unspecified atom stereocenters. The highest BCUT2D eigenvalue weighted by Crippen LogP contribution is 2.35. The molecule has 1 aliphatic rings. The molecule has 27 heavy (non-hydrogen) atoms. The number of hydrogen-bond donors (Lipinski definition) is 3. The average Bonchev–Trinajstić information content (AvgIpc) is 3.23. The van der Waals surface area contributed by atoms with Crippen molar-refractivity contribution in [2.24, 2.45) is 0 Å². The summed E-state index contributed by atoms with van der Waals surface area (Å²) >= 11 is 7.66. The number of hydrogen-bond acceptors (Lipinski definition) is 4. The highest BCUT2D eigenvalue weighted by molar-refractivity contribution is 7.17. The highest BCUT2D eigenvalue weighted by atomic mass is 35.5. The van der Waals surface area contributed by atoms with Crippen molar-refractivity contribution in [3.63, 3.8) is 0 Å². The first-order valence-electron chi connectivity index (χ1n) is 9.61. The van der Waals surface area contributed by atoms with E-state index in [1.165, 1.54) is 17.0 Å². The lowest BCUT2D eigenvalue weighted by Crippen LogP contribution is -3.28. The van der Waals surface area contributed by atoms with Crippen molar-refractivity contribution in [3.05, 3.63) is 45.6 Å². The van der Waals surface area contributed by atoms with Crippen LogP contribution >= 0.6 is 22.9 Å². The van der Waals surface area contributed by atoms with Crippen LogP contribution in [-0.4, -0.2) is 52.4 Å². The van der Waals surface area contributed by atoms with Crippen molar-refractivity contribution in [2.75, 3.05) is 32.7 Å². The summed E-state index contributed by atoms with van der Waals surface area (Å²) in [4.78, 5) is 9.37. The molecule has 1 aromatic carbocycles. The third-order valence-electron chi connectivity index (χ3n) is 5.53. The van der Waals surface area contributed by atoms with Crippen LogP contribution in [-0.2, 0) is 6.42 Å². The second-order valence-corrected chi connectivity index (χ2v) is 8.56. The van der Waals surface area contributed by atoms with Gasteiger partial charge in [-0.1, -0.05) is 42.0 Å². The molecular weight excluding hydrogens is 382 g/mol. The Morgan fingerprint density at radius 3 is 2.48 bits per heavy atom. The first-order chi connectivity index (χ1) is 13.1. The molecule has 1 aliphatic heterocycles. The second kappa shape index (κ2) is 7.75. The van der Waals surface area contributed by atoms with Crippen LogP contribution in [0.15, 0.2) is 24.3 Å². The largest absolute Gasteiger partial charge is 0.492 e. The van der Waals surface area contributed by atoms with Gasteiger partial charge in [0, 0.05) is 17.0 Å². The number of aryl methyl sites for hydroxylation is 1. The van der Waals surface area contributed by atoms with Gasteiger partial charge >= 0.3 is 0 Å². The number of fused-ring (bicyclic) bond motifs is 1. The molecule has 1 saturated heterocycles. The zero-order valence-corrected chi connectivity index (χ0v) is 17.3. The number of halogens is 1. The van der Waals surface area contributed by atoms with Crippen molar-refractivity contribution < 1.29 is 14.9 Å². The van der Waals surface area contributed by atoms with Crippen molar-refractivity contribution in [1.29, 1.82) is 0 Å². The molecule has 144 valence electrons. The van der Waals surface area contributed by atoms with Gasteiger partial charge in [0.1, 0.15) is 31.1 Å². The van der Waals surface area contributed by atoms with Gasteiger partial charge in [0.15, 0.2) is 11.9 Å². The molecule has 1 fully saturated rings. The summed E-state index contributed by atoms with van der Waals surface area (Å²) in [5, 5.41) is 16.1. The van der Waals surface area contributed by atoms with Gasteiger partial charge in [-0.15, -0.1) is 5.10 Å². The molecule has 3 aromatic rings. The van der Waals surface area contributed by atoms with Gasteiger partial charge in [-0.25, -0.2) is 4.98 Å². The van der Waals surface area contributed by atoms with Gasteiger partial charge < -0.3 is 14.9 Å². The van der Waals surface area contributed by atoms with Crippen molar-refractivity contribution in [1.82, 2.24) is 14.6 Å². The Labute approximate surface area is 168 Å². The highest BCUT2D eigenvalue weighted by Gasteiger charge is 2.35. The quantitative estimate of drug-likeness (QED) is 0.580. The molecule has 0 spiro atoms. The molecule has 3 N–H and O–H groups in total. The smallest absolute Gasteiger partial charge is 0.235 e. The maximum Gasteiger partial charge on any atom is 0.235 e. The molecule has 4 rings (SSSR count). The van der Waals surface area contributed by atoms with Crippen LogP contribution in [0.1, 0.15) is 36.2 Å². The first-order valence-corrected chi connectivity index (χ1v) is 10.8. The minimum absolute atomic E-state index is 0.0687. The van der Waals surface area contributed by atoms with Crippen LogP contribution in [0.4, 0.5) is 0 Å². The van der Waals surface area contributed by atoms with Gasteiger partial charge in [-0.2, -0.15) is 4.52 Å². The topological polar surface area (TPSA) is 59.3 Å². The molecular formula is C19H26ClN5OS+2. The van der Waals surface area contributed by atoms with Gasteiger partial charge in [0.25, 0.3) is 0 Å². The molecule has 0 saturated carbocycles. The van der Waals surface area contributed by atoms with Crippen LogP contribution in [0.5, 0.6) is 5.88 Å². The maximum absolute atomic E-state index is 10.9. The summed E-state index contributed by atoms with van der Waals surface area (Å²) in [5.41, 5.74) is 1.17. The number of nitrogens with one attached hydrogen (secondary N) is 2. The summed E-state index contributed by atoms with van der Waals surface area (Å²) in [7, 11) is 0. The molecule has 6 nitrogen and oxygen atoms in total. The Morgan fingerprint density at radius 1 is 1.19 bits per heavy atom. The number of likely N-dealkylation sites (N-methyl/N-ethyl adjacent to an activating group) is 1. The Bertz CT molecular complexity index is 914. The predicted molar refractivity (Wildman–Crippen MR) is 107 cm³/mol. The van der Waals surface area contributed by atoms with E-state index in [9.17, 15) is 5.11 Å². The van der Waals surface area contributed by atoms with E-state index in [2.05, 4.69) is 29.1 Å². The maximum atomic E-state index is 10.9. The van der Waals surface area contributed by atoms with Crippen LogP contribution < -0.4 is 9.80 Å². The van der Waals surface area contributed by atoms with E-state index in [1.807, 2.05) is 19.1 Å². The predicted octanol–water partition coefficient (Wildman–Crippen LogP) is 0.605. The SMILES string of the molecule is CCc1nc2sc([C@H](c3ccc(Cl)cc3)[NH+]3CC[NH+](CC)CC3)c(O)n2n1. The molecule has 8 heteroatoms. The van der Waals surface area contributed by atoms with E-state index in [-0.39, 0.29) is 11.9 Å². The van der Waals surface area contributed by atoms with Gasteiger partial charge in [-0.05, 0) is 19.1 Å². The molecule has 0 amide bonds. The third-order valence-corrected chi connectivity index (χ3v) is 6.87. The van der Waals surface area contributed by atoms with E-state index in [1.54, 1.807) is 20.8 Å². The second-order valence-electron chi connectivity index (χ2n) is 7.11. The zero-order chi connectivity index (χ0) is 19.0. The fourth-order valence-corrected chi connectivity index (χ4v) is 5.21. The van der Waals surface area contributed by atoms with E-state index >= 15 is 0 Å². The first kappa shape index (κ1) is 18.7. The summed E-state index contributed by atoms with van der Waals surface area (Å²) < 4.78 is 1.59. The van der Waals surface area contributed by atoms with Crippen LogP contribution in [0, 0.1) is 0 Å². The molecule has 2 aromatic heterocycles. The van der Waals surface area contributed by atoms with Crippen molar-refractivity contribution >= 4 is 27.9 Å². The molecule has 3 heterocycles. The Balaban J connectivity index is 1.74. The Morgan fingerprint density at radius 2 is 1.89 bits per heavy atom. The number of aromatic hydroxyl groups is 1. The van der Waals surface area contributed by atoms with E-state index in [0.29, 0.717) is 0 Å². The van der Waals surface area contributed by atoms with E-state index in [4.69, 9.17) is 11.6 Å². The number of aromatic nitrogens is 3. The lowest BCUT2D eigenvalue weighted by Gasteiger charge is -2.34. The fraction of sp³-hybridized carbons (Fsp3) is 0.474. The van der Waals surface area contributed by atoms with E-state index in [0.717, 1.165) is 53.3 Å². The van der Waals surface area contributed by atoms with Gasteiger partial charge in [0.2, 0.25) is 10.8 Å². The molecule has 0 bridgehead atoms. The fourth-order valence-electron chi connectivity index (χ4n) is 3.92. The summed E-state index contributed by atoms with van der Waals surface area (Å²) in [5.74, 6) is 0.985. The number of rotatable bonds is 5.